The Balaban J connectivity index is 1.60. The summed E-state index contributed by atoms with van der Waals surface area (Å²) in [5.74, 6) is -0.485. The molecule has 25 heavy (non-hydrogen) atoms. The van der Waals surface area contributed by atoms with E-state index < -0.39 is 0 Å². The summed E-state index contributed by atoms with van der Waals surface area (Å²) in [5.41, 5.74) is 2.56. The maximum absolute atomic E-state index is 12.5. The molecule has 0 aliphatic heterocycles. The summed E-state index contributed by atoms with van der Waals surface area (Å²) < 4.78 is 0. The molecule has 5 heteroatoms. The van der Waals surface area contributed by atoms with Gasteiger partial charge in [-0.05, 0) is 42.2 Å². The smallest absolute Gasteiger partial charge is 0.228 e. The SMILES string of the molecule is CC(C)c1ccccc1NC(=O)C1CC1C(=O)Nc1cccc(Cl)c1. The number of halogens is 1. The van der Waals surface area contributed by atoms with Crippen LogP contribution in [0.15, 0.2) is 48.5 Å². The minimum atomic E-state index is -0.287. The molecule has 2 atom stereocenters. The first kappa shape index (κ1) is 17.5. The first-order valence-electron chi connectivity index (χ1n) is 8.42. The first-order chi connectivity index (χ1) is 12.0. The fourth-order valence-electron chi connectivity index (χ4n) is 2.92. The van der Waals surface area contributed by atoms with Gasteiger partial charge in [0.05, 0.1) is 11.8 Å². The van der Waals surface area contributed by atoms with Gasteiger partial charge in [0.2, 0.25) is 11.8 Å². The van der Waals surface area contributed by atoms with Crippen molar-refractivity contribution < 1.29 is 9.59 Å². The van der Waals surface area contributed by atoms with Crippen molar-refractivity contribution in [2.75, 3.05) is 10.6 Å². The van der Waals surface area contributed by atoms with Gasteiger partial charge in [0.25, 0.3) is 0 Å². The maximum Gasteiger partial charge on any atom is 0.228 e. The average molecular weight is 357 g/mol. The number of benzene rings is 2. The highest BCUT2D eigenvalue weighted by atomic mass is 35.5. The Morgan fingerprint density at radius 2 is 1.68 bits per heavy atom. The lowest BCUT2D eigenvalue weighted by atomic mass is 10.0. The Labute approximate surface area is 152 Å². The highest BCUT2D eigenvalue weighted by molar-refractivity contribution is 6.30. The van der Waals surface area contributed by atoms with Crippen LogP contribution < -0.4 is 10.6 Å². The second kappa shape index (κ2) is 7.28. The lowest BCUT2D eigenvalue weighted by Gasteiger charge is -2.13. The van der Waals surface area contributed by atoms with E-state index in [0.717, 1.165) is 11.3 Å². The molecule has 2 aromatic carbocycles. The lowest BCUT2D eigenvalue weighted by molar-refractivity contribution is -0.122. The molecule has 3 rings (SSSR count). The van der Waals surface area contributed by atoms with Crippen LogP contribution in [0, 0.1) is 11.8 Å². The second-order valence-electron chi connectivity index (χ2n) is 6.68. The molecule has 1 saturated carbocycles. The minimum absolute atomic E-state index is 0.0978. The standard InChI is InChI=1S/C20H21ClN2O2/c1-12(2)15-8-3-4-9-18(15)23-20(25)17-11-16(17)19(24)22-14-7-5-6-13(21)10-14/h3-10,12,16-17H,11H2,1-2H3,(H,22,24)(H,23,25). The topological polar surface area (TPSA) is 58.2 Å². The largest absolute Gasteiger partial charge is 0.326 e. The van der Waals surface area contributed by atoms with Crippen molar-refractivity contribution in [3.8, 4) is 0 Å². The third kappa shape index (κ3) is 4.20. The normalized spacial score (nSPS) is 18.7. The molecule has 0 saturated heterocycles. The predicted molar refractivity (Wildman–Crippen MR) is 101 cm³/mol. The summed E-state index contributed by atoms with van der Waals surface area (Å²) >= 11 is 5.92. The van der Waals surface area contributed by atoms with Crippen LogP contribution >= 0.6 is 11.6 Å². The van der Waals surface area contributed by atoms with Crippen LogP contribution in [0.3, 0.4) is 0 Å². The number of para-hydroxylation sites is 1. The molecule has 0 bridgehead atoms. The molecule has 0 spiro atoms. The molecule has 130 valence electrons. The monoisotopic (exact) mass is 356 g/mol. The molecule has 1 fully saturated rings. The molecular formula is C20H21ClN2O2. The molecule has 4 nitrogen and oxygen atoms in total. The molecule has 2 unspecified atom stereocenters. The number of amides is 2. The maximum atomic E-state index is 12.5. The van der Waals surface area contributed by atoms with Crippen molar-refractivity contribution in [1.29, 1.82) is 0 Å². The molecule has 0 heterocycles. The Hall–Kier alpha value is -2.33. The second-order valence-corrected chi connectivity index (χ2v) is 7.12. The zero-order chi connectivity index (χ0) is 18.0. The number of hydrogen-bond donors (Lipinski definition) is 2. The van der Waals surface area contributed by atoms with Gasteiger partial charge >= 0.3 is 0 Å². The van der Waals surface area contributed by atoms with Gasteiger partial charge in [-0.25, -0.2) is 0 Å². The molecule has 2 N–H and O–H groups in total. The summed E-state index contributed by atoms with van der Waals surface area (Å²) in [6, 6.07) is 14.8. The zero-order valence-corrected chi connectivity index (χ0v) is 15.0. The number of hydrogen-bond acceptors (Lipinski definition) is 2. The quantitative estimate of drug-likeness (QED) is 0.817. The van der Waals surface area contributed by atoms with Gasteiger partial charge in [0.1, 0.15) is 0 Å². The lowest BCUT2D eigenvalue weighted by Crippen LogP contribution is -2.21. The number of carbonyl (C=O) groups excluding carboxylic acids is 2. The molecule has 2 aromatic rings. The van der Waals surface area contributed by atoms with E-state index in [1.54, 1.807) is 24.3 Å². The van der Waals surface area contributed by atoms with Crippen molar-refractivity contribution in [2.45, 2.75) is 26.2 Å². The van der Waals surface area contributed by atoms with Gasteiger partial charge in [-0.15, -0.1) is 0 Å². The summed E-state index contributed by atoms with van der Waals surface area (Å²) in [6.07, 6.45) is 0.572. The van der Waals surface area contributed by atoms with E-state index in [9.17, 15) is 9.59 Å². The number of nitrogens with one attached hydrogen (secondary N) is 2. The fraction of sp³-hybridized carbons (Fsp3) is 0.300. The Kier molecular flexibility index (Phi) is 5.09. The van der Waals surface area contributed by atoms with Gasteiger partial charge in [0.15, 0.2) is 0 Å². The van der Waals surface area contributed by atoms with Crippen molar-refractivity contribution in [3.05, 3.63) is 59.1 Å². The molecule has 2 amide bonds. The third-order valence-corrected chi connectivity index (χ3v) is 4.63. The Bertz CT molecular complexity index is 804. The van der Waals surface area contributed by atoms with E-state index in [1.165, 1.54) is 0 Å². The molecule has 0 radical (unpaired) electrons. The van der Waals surface area contributed by atoms with Gasteiger partial charge in [-0.1, -0.05) is 49.7 Å². The summed E-state index contributed by atoms with van der Waals surface area (Å²) in [4.78, 5) is 24.8. The number of carbonyl (C=O) groups is 2. The first-order valence-corrected chi connectivity index (χ1v) is 8.79. The third-order valence-electron chi connectivity index (χ3n) is 4.40. The summed E-state index contributed by atoms with van der Waals surface area (Å²) in [6.45, 7) is 4.17. The van der Waals surface area contributed by atoms with Gasteiger partial charge in [0, 0.05) is 16.4 Å². The Morgan fingerprint density at radius 1 is 1.00 bits per heavy atom. The fourth-order valence-corrected chi connectivity index (χ4v) is 3.11. The van der Waals surface area contributed by atoms with E-state index in [1.807, 2.05) is 24.3 Å². The van der Waals surface area contributed by atoms with Crippen LogP contribution in [0.25, 0.3) is 0 Å². The van der Waals surface area contributed by atoms with Gasteiger partial charge < -0.3 is 10.6 Å². The van der Waals surface area contributed by atoms with E-state index >= 15 is 0 Å². The zero-order valence-electron chi connectivity index (χ0n) is 14.3. The molecule has 1 aliphatic carbocycles. The van der Waals surface area contributed by atoms with Crippen LogP contribution in [0.1, 0.15) is 31.7 Å². The Morgan fingerprint density at radius 3 is 2.36 bits per heavy atom. The van der Waals surface area contributed by atoms with Crippen LogP contribution in [0.4, 0.5) is 11.4 Å². The van der Waals surface area contributed by atoms with Crippen molar-refractivity contribution in [1.82, 2.24) is 0 Å². The molecular weight excluding hydrogens is 336 g/mol. The minimum Gasteiger partial charge on any atom is -0.326 e. The highest BCUT2D eigenvalue weighted by Gasteiger charge is 2.48. The van der Waals surface area contributed by atoms with Crippen molar-refractivity contribution >= 4 is 34.8 Å². The molecule has 0 aromatic heterocycles. The van der Waals surface area contributed by atoms with Crippen molar-refractivity contribution in [2.24, 2.45) is 11.8 Å². The van der Waals surface area contributed by atoms with Crippen LogP contribution in [-0.4, -0.2) is 11.8 Å². The number of anilines is 2. The average Bonchev–Trinajstić information content (AvgIpc) is 3.36. The molecule has 1 aliphatic rings. The van der Waals surface area contributed by atoms with E-state index in [4.69, 9.17) is 11.6 Å². The van der Waals surface area contributed by atoms with Gasteiger partial charge in [-0.2, -0.15) is 0 Å². The van der Waals surface area contributed by atoms with E-state index in [2.05, 4.69) is 24.5 Å². The van der Waals surface area contributed by atoms with E-state index in [-0.39, 0.29) is 23.7 Å². The summed E-state index contributed by atoms with van der Waals surface area (Å²) in [7, 11) is 0. The highest BCUT2D eigenvalue weighted by Crippen LogP contribution is 2.40. The van der Waals surface area contributed by atoms with Crippen molar-refractivity contribution in [3.63, 3.8) is 0 Å². The summed E-state index contributed by atoms with van der Waals surface area (Å²) in [5, 5.41) is 6.35. The predicted octanol–water partition coefficient (Wildman–Crippen LogP) is 4.68. The van der Waals surface area contributed by atoms with E-state index in [0.29, 0.717) is 23.0 Å². The van der Waals surface area contributed by atoms with Crippen LogP contribution in [0.5, 0.6) is 0 Å². The van der Waals surface area contributed by atoms with Crippen LogP contribution in [0.2, 0.25) is 5.02 Å². The number of rotatable bonds is 5. The van der Waals surface area contributed by atoms with Gasteiger partial charge in [-0.3, -0.25) is 9.59 Å². The van der Waals surface area contributed by atoms with Crippen LogP contribution in [-0.2, 0) is 9.59 Å².